The van der Waals surface area contributed by atoms with Crippen LogP contribution in [0.5, 0.6) is 23.1 Å². The first-order valence-corrected chi connectivity index (χ1v) is 11.2. The Kier molecular flexibility index (Phi) is 5.82. The van der Waals surface area contributed by atoms with Crippen molar-refractivity contribution in [2.75, 3.05) is 12.1 Å². The normalized spacial score (nSPS) is 12.0. The molecule has 0 aliphatic carbocycles. The highest BCUT2D eigenvalue weighted by Crippen LogP contribution is 2.32. The van der Waals surface area contributed by atoms with Gasteiger partial charge in [-0.15, -0.1) is 0 Å². The number of carbonyl (C=O) groups excluding carboxylic acids is 1. The minimum Gasteiger partial charge on any atom is -0.454 e. The molecule has 0 saturated heterocycles. The second-order valence-corrected chi connectivity index (χ2v) is 8.36. The first-order valence-electron chi connectivity index (χ1n) is 11.2. The van der Waals surface area contributed by atoms with Gasteiger partial charge >= 0.3 is 0 Å². The Morgan fingerprint density at radius 3 is 2.51 bits per heavy atom. The largest absolute Gasteiger partial charge is 0.454 e. The SMILES string of the molecule is Cc1nc(Oc2ccc(NC(=O)Cc3ccc4c(c3)OCO4)cc2)cc(-n2nc(C)c(C)c2C)n1. The lowest BCUT2D eigenvalue weighted by atomic mass is 10.1. The van der Waals surface area contributed by atoms with Gasteiger partial charge in [-0.2, -0.15) is 10.1 Å². The number of aryl methyl sites for hydroxylation is 2. The summed E-state index contributed by atoms with van der Waals surface area (Å²) in [6.45, 7) is 8.03. The first kappa shape index (κ1) is 22.4. The van der Waals surface area contributed by atoms with E-state index < -0.39 is 0 Å². The molecular weight excluding hydrogens is 446 g/mol. The van der Waals surface area contributed by atoms with Crippen LogP contribution in [0.25, 0.3) is 5.82 Å². The van der Waals surface area contributed by atoms with Gasteiger partial charge in [-0.25, -0.2) is 9.67 Å². The predicted molar refractivity (Wildman–Crippen MR) is 130 cm³/mol. The van der Waals surface area contributed by atoms with Crippen LogP contribution in [0.3, 0.4) is 0 Å². The average molecular weight is 472 g/mol. The minimum atomic E-state index is -0.131. The molecule has 5 rings (SSSR count). The van der Waals surface area contributed by atoms with Crippen LogP contribution in [0.4, 0.5) is 5.69 Å². The first-order chi connectivity index (χ1) is 16.9. The summed E-state index contributed by atoms with van der Waals surface area (Å²) in [6.07, 6.45) is 0.226. The van der Waals surface area contributed by atoms with Gasteiger partial charge in [0.1, 0.15) is 11.6 Å². The van der Waals surface area contributed by atoms with Gasteiger partial charge in [0.25, 0.3) is 0 Å². The highest BCUT2D eigenvalue weighted by molar-refractivity contribution is 5.92. The number of nitrogens with one attached hydrogen (secondary N) is 1. The van der Waals surface area contributed by atoms with Gasteiger partial charge in [-0.05, 0) is 75.2 Å². The van der Waals surface area contributed by atoms with E-state index in [2.05, 4.69) is 20.4 Å². The Bertz CT molecular complexity index is 1410. The Morgan fingerprint density at radius 2 is 1.77 bits per heavy atom. The van der Waals surface area contributed by atoms with Gasteiger partial charge in [0.05, 0.1) is 12.1 Å². The second kappa shape index (κ2) is 9.09. The van der Waals surface area contributed by atoms with E-state index in [1.54, 1.807) is 35.0 Å². The van der Waals surface area contributed by atoms with Crippen molar-refractivity contribution in [3.05, 3.63) is 76.9 Å². The van der Waals surface area contributed by atoms with Crippen LogP contribution in [-0.2, 0) is 11.2 Å². The molecule has 35 heavy (non-hydrogen) atoms. The fourth-order valence-electron chi connectivity index (χ4n) is 3.80. The number of anilines is 1. The van der Waals surface area contributed by atoms with Crippen molar-refractivity contribution >= 4 is 11.6 Å². The number of fused-ring (bicyclic) bond motifs is 1. The highest BCUT2D eigenvalue weighted by Gasteiger charge is 2.15. The lowest BCUT2D eigenvalue weighted by Gasteiger charge is -2.10. The molecule has 0 radical (unpaired) electrons. The third-order valence-electron chi connectivity index (χ3n) is 5.83. The fourth-order valence-corrected chi connectivity index (χ4v) is 3.80. The predicted octanol–water partition coefficient (Wildman–Crippen LogP) is 4.60. The van der Waals surface area contributed by atoms with Crippen LogP contribution in [0.2, 0.25) is 0 Å². The molecule has 0 atom stereocenters. The van der Waals surface area contributed by atoms with Gasteiger partial charge in [-0.3, -0.25) is 4.79 Å². The maximum Gasteiger partial charge on any atom is 0.231 e. The third kappa shape index (κ3) is 4.79. The van der Waals surface area contributed by atoms with Crippen molar-refractivity contribution in [1.82, 2.24) is 19.7 Å². The summed E-state index contributed by atoms with van der Waals surface area (Å²) in [5.74, 6) is 3.45. The van der Waals surface area contributed by atoms with Crippen molar-refractivity contribution in [2.45, 2.75) is 34.1 Å². The maximum atomic E-state index is 12.5. The highest BCUT2D eigenvalue weighted by atomic mass is 16.7. The van der Waals surface area contributed by atoms with E-state index >= 15 is 0 Å². The molecule has 9 nitrogen and oxygen atoms in total. The number of rotatable bonds is 6. The Balaban J connectivity index is 1.25. The molecule has 2 aromatic carbocycles. The van der Waals surface area contributed by atoms with Gasteiger partial charge < -0.3 is 19.5 Å². The fraction of sp³-hybridized carbons (Fsp3) is 0.231. The smallest absolute Gasteiger partial charge is 0.231 e. The lowest BCUT2D eigenvalue weighted by Crippen LogP contribution is -2.14. The molecule has 1 aliphatic heterocycles. The topological polar surface area (TPSA) is 100 Å². The molecular formula is C26H25N5O4. The van der Waals surface area contributed by atoms with Crippen molar-refractivity contribution < 1.29 is 19.0 Å². The van der Waals surface area contributed by atoms with Gasteiger partial charge in [0.2, 0.25) is 18.6 Å². The molecule has 1 amide bonds. The molecule has 0 unspecified atom stereocenters. The average Bonchev–Trinajstić information content (AvgIpc) is 3.39. The summed E-state index contributed by atoms with van der Waals surface area (Å²) in [5, 5.41) is 7.47. The molecule has 4 aromatic rings. The van der Waals surface area contributed by atoms with Crippen molar-refractivity contribution in [1.29, 1.82) is 0 Å². The molecule has 0 spiro atoms. The Labute approximate surface area is 202 Å². The maximum absolute atomic E-state index is 12.5. The molecule has 0 fully saturated rings. The summed E-state index contributed by atoms with van der Waals surface area (Å²) in [7, 11) is 0. The number of hydrogen-bond acceptors (Lipinski definition) is 7. The zero-order chi connectivity index (χ0) is 24.5. The molecule has 9 heteroatoms. The van der Waals surface area contributed by atoms with Crippen LogP contribution in [0.15, 0.2) is 48.5 Å². The molecule has 0 bridgehead atoms. The van der Waals surface area contributed by atoms with E-state index in [-0.39, 0.29) is 19.1 Å². The van der Waals surface area contributed by atoms with Crippen molar-refractivity contribution in [3.8, 4) is 28.9 Å². The van der Waals surface area contributed by atoms with Gasteiger partial charge in [0, 0.05) is 17.4 Å². The van der Waals surface area contributed by atoms with Gasteiger partial charge in [0.15, 0.2) is 17.3 Å². The Morgan fingerprint density at radius 1 is 1.00 bits per heavy atom. The molecule has 3 heterocycles. The number of ether oxygens (including phenoxy) is 3. The molecule has 0 saturated carbocycles. The number of nitrogens with zero attached hydrogens (tertiary/aromatic N) is 4. The second-order valence-electron chi connectivity index (χ2n) is 8.36. The van der Waals surface area contributed by atoms with Crippen molar-refractivity contribution in [3.63, 3.8) is 0 Å². The van der Waals surface area contributed by atoms with E-state index in [1.807, 2.05) is 45.9 Å². The quantitative estimate of drug-likeness (QED) is 0.439. The summed E-state index contributed by atoms with van der Waals surface area (Å²) < 4.78 is 18.4. The molecule has 178 valence electrons. The van der Waals surface area contributed by atoms with Crippen LogP contribution in [-0.4, -0.2) is 32.4 Å². The number of amides is 1. The summed E-state index contributed by atoms with van der Waals surface area (Å²) in [5.41, 5.74) is 4.62. The molecule has 1 N–H and O–H groups in total. The molecule has 2 aromatic heterocycles. The Hall–Kier alpha value is -4.40. The van der Waals surface area contributed by atoms with Crippen molar-refractivity contribution in [2.24, 2.45) is 0 Å². The number of carbonyl (C=O) groups is 1. The monoisotopic (exact) mass is 471 g/mol. The zero-order valence-electron chi connectivity index (χ0n) is 20.0. The van der Waals surface area contributed by atoms with E-state index in [0.717, 1.165) is 22.5 Å². The third-order valence-corrected chi connectivity index (χ3v) is 5.83. The number of benzene rings is 2. The van der Waals surface area contributed by atoms with Crippen LogP contribution < -0.4 is 19.5 Å². The van der Waals surface area contributed by atoms with Crippen LogP contribution in [0.1, 0.15) is 28.3 Å². The summed E-state index contributed by atoms with van der Waals surface area (Å²) in [6, 6.07) is 14.4. The van der Waals surface area contributed by atoms with Crippen LogP contribution >= 0.6 is 0 Å². The zero-order valence-corrected chi connectivity index (χ0v) is 20.0. The van der Waals surface area contributed by atoms with Gasteiger partial charge in [-0.1, -0.05) is 6.07 Å². The van der Waals surface area contributed by atoms with E-state index in [9.17, 15) is 4.79 Å². The summed E-state index contributed by atoms with van der Waals surface area (Å²) >= 11 is 0. The number of aromatic nitrogens is 4. The molecule has 1 aliphatic rings. The standard InChI is InChI=1S/C26H25N5O4/c1-15-16(2)30-31(17(15)3)24-13-26(28-18(4)27-24)35-21-8-6-20(7-9-21)29-25(32)12-19-5-10-22-23(11-19)34-14-33-22/h5-11,13H,12,14H2,1-4H3,(H,29,32). The van der Waals surface area contributed by atoms with E-state index in [1.165, 1.54) is 0 Å². The lowest BCUT2D eigenvalue weighted by molar-refractivity contribution is -0.115. The minimum absolute atomic E-state index is 0.131. The van der Waals surface area contributed by atoms with Crippen LogP contribution in [0, 0.1) is 27.7 Å². The van der Waals surface area contributed by atoms with E-state index in [0.29, 0.717) is 40.5 Å². The van der Waals surface area contributed by atoms with E-state index in [4.69, 9.17) is 14.2 Å². The summed E-state index contributed by atoms with van der Waals surface area (Å²) in [4.78, 5) is 21.4. The number of hydrogen-bond donors (Lipinski definition) is 1.